The lowest BCUT2D eigenvalue weighted by atomic mass is 9.87. The molecule has 129 heavy (non-hydrogen) atoms. The van der Waals surface area contributed by atoms with E-state index in [4.69, 9.17) is 94.7 Å². The van der Waals surface area contributed by atoms with E-state index in [0.717, 1.165) is 27.7 Å². The fourth-order valence-electron chi connectivity index (χ4n) is 16.9. The van der Waals surface area contributed by atoms with Gasteiger partial charge in [-0.2, -0.15) is 0 Å². The lowest BCUT2D eigenvalue weighted by molar-refractivity contribution is -0.424. The number of rotatable bonds is 36. The van der Waals surface area contributed by atoms with Gasteiger partial charge in [0.1, 0.15) is 226 Å². The number of carbonyl (C=O) groups excluding carboxylic acids is 5. The van der Waals surface area contributed by atoms with Crippen LogP contribution in [0.5, 0.6) is 0 Å². The number of hydrogen-bond acceptors (Lipinski definition) is 52. The van der Waals surface area contributed by atoms with Crippen molar-refractivity contribution in [3.05, 3.63) is 0 Å². The van der Waals surface area contributed by atoms with Crippen molar-refractivity contribution in [2.45, 2.75) is 354 Å². The van der Waals surface area contributed by atoms with E-state index in [2.05, 4.69) is 21.3 Å². The van der Waals surface area contributed by atoms with Crippen LogP contribution < -0.4 is 21.3 Å². The molecular formula is C73H122N4O52. The van der Waals surface area contributed by atoms with Crippen LogP contribution in [0.4, 0.5) is 0 Å². The quantitative estimate of drug-likeness (QED) is 0.0205. The number of ether oxygens (including phenoxy) is 20. The van der Waals surface area contributed by atoms with E-state index in [1.165, 1.54) is 13.8 Å². The zero-order valence-corrected chi connectivity index (χ0v) is 70.0. The molecule has 0 spiro atoms. The van der Waals surface area contributed by atoms with E-state index in [-0.39, 0.29) is 6.47 Å². The van der Waals surface area contributed by atoms with E-state index in [0.29, 0.717) is 0 Å². The van der Waals surface area contributed by atoms with Crippen molar-refractivity contribution in [2.75, 3.05) is 66.1 Å². The molecule has 0 aromatic rings. The van der Waals surface area contributed by atoms with Crippen molar-refractivity contribution in [1.29, 1.82) is 0 Å². The van der Waals surface area contributed by atoms with Gasteiger partial charge in [-0.15, -0.1) is 0 Å². The van der Waals surface area contributed by atoms with Gasteiger partial charge >= 0.3 is 5.97 Å². The van der Waals surface area contributed by atoms with E-state index >= 15 is 0 Å². The van der Waals surface area contributed by atoms with Gasteiger partial charge in [-0.05, 0) is 6.92 Å². The van der Waals surface area contributed by atoms with Crippen LogP contribution >= 0.6 is 0 Å². The molecule has 10 rings (SSSR count). The molecule has 31 N–H and O–H groups in total. The summed E-state index contributed by atoms with van der Waals surface area (Å²) in [7, 11) is 0. The first kappa shape index (κ1) is 107. The van der Waals surface area contributed by atoms with Gasteiger partial charge in [-0.1, -0.05) is 6.92 Å². The van der Waals surface area contributed by atoms with Gasteiger partial charge in [0.2, 0.25) is 23.6 Å². The zero-order chi connectivity index (χ0) is 95.1. The molecule has 10 fully saturated rings. The zero-order valence-electron chi connectivity index (χ0n) is 70.0. The van der Waals surface area contributed by atoms with Crippen LogP contribution in [0.3, 0.4) is 0 Å². The van der Waals surface area contributed by atoms with Crippen LogP contribution in [-0.2, 0) is 119 Å². The summed E-state index contributed by atoms with van der Waals surface area (Å²) in [6.45, 7) is -4.53. The molecule has 0 radical (unpaired) electrons. The van der Waals surface area contributed by atoms with Crippen LogP contribution in [0, 0.1) is 5.92 Å². The smallest absolute Gasteiger partial charge is 0.332 e. The standard InChI is InChI=1S/C73H122N4O52/c1-19-25(91)7-73(112-18-86,129-57(19)40(93)26(92)8-78)111-17-35-44(97)51(104)55(108)69(121-35)124-60-32(14-84)119-67(39(49(60)102)77-24(6)90)128-64-53(106)43(96)29(11-81)116-72(64)126-62-45(98)34(120-70(56(62)109)125-61-33(15-85)117-65(37(47(61)100)75-22(4)88)122-58-30(12-82)113-20(2)36(46(58)99)74-21(3)87)16-110-71-63(52(105)42(95)28(10-80)115-71)127-66-38(76-23(5)89)48(101)59(31(13-83)118-66)123-68-54(107)50(103)41(94)27(9-79)114-68/h18-20,25-72,78-85,91-109H,7-17H2,1-6H3,(H,74,87)(H,75,88)(H,76,89)(H,77,90)/t19-,20+,25-,26?,27?,28?,29-,30?,31?,32?,33?,34?,35?,36?,37?,38?,39?,40-,41+,42-,43-,44+,45-,46-,47-,48?,49-,50+,51?,52+,53?,54?,55+,56?,57?,58-,59-,60-,61-,62+,63?,64?,65+,66+,67+,68+,69+,70+,71+,72-,73+/m1/s1. The molecule has 0 saturated carbocycles. The second-order valence-electron chi connectivity index (χ2n) is 33.0. The monoisotopic (exact) mass is 1890 g/mol. The molecule has 746 valence electrons. The maximum atomic E-state index is 13.2. The molecule has 10 aliphatic heterocycles. The minimum absolute atomic E-state index is 0.197. The van der Waals surface area contributed by atoms with Crippen LogP contribution in [-0.4, -0.2) is 540 Å². The molecule has 56 nitrogen and oxygen atoms in total. The molecule has 0 aromatic heterocycles. The van der Waals surface area contributed by atoms with E-state index in [9.17, 15) is 162 Å². The largest absolute Gasteiger partial charge is 0.410 e. The maximum absolute atomic E-state index is 13.2. The van der Waals surface area contributed by atoms with Crippen molar-refractivity contribution in [3.8, 4) is 0 Å². The lowest BCUT2D eigenvalue weighted by Crippen LogP contribution is -2.71. The van der Waals surface area contributed by atoms with Gasteiger partial charge in [-0.3, -0.25) is 24.0 Å². The van der Waals surface area contributed by atoms with Gasteiger partial charge in [0.05, 0.1) is 96.8 Å². The predicted molar refractivity (Wildman–Crippen MR) is 399 cm³/mol. The van der Waals surface area contributed by atoms with Crippen LogP contribution in [0.25, 0.3) is 0 Å². The van der Waals surface area contributed by atoms with Crippen LogP contribution in [0.15, 0.2) is 0 Å². The second kappa shape index (κ2) is 46.6. The molecule has 56 heteroatoms. The van der Waals surface area contributed by atoms with E-state index in [1.54, 1.807) is 0 Å². The van der Waals surface area contributed by atoms with Crippen LogP contribution in [0.2, 0.25) is 0 Å². The molecule has 4 amide bonds. The fourth-order valence-corrected chi connectivity index (χ4v) is 16.9. The summed E-state index contributed by atoms with van der Waals surface area (Å²) < 4.78 is 119. The minimum Gasteiger partial charge on any atom is -0.410 e. The third kappa shape index (κ3) is 23.9. The molecule has 0 aliphatic carbocycles. The van der Waals surface area contributed by atoms with Gasteiger partial charge < -0.3 is 254 Å². The Bertz CT molecular complexity index is 3520. The Labute approximate surface area is 732 Å². The van der Waals surface area contributed by atoms with Crippen molar-refractivity contribution >= 4 is 30.1 Å². The Balaban J connectivity index is 0.960. The Morgan fingerprint density at radius 2 is 0.667 bits per heavy atom. The highest BCUT2D eigenvalue weighted by Crippen LogP contribution is 2.43. The summed E-state index contributed by atoms with van der Waals surface area (Å²) in [6.07, 6.45) is -94.0. The van der Waals surface area contributed by atoms with Crippen molar-refractivity contribution < 1.29 is 257 Å². The van der Waals surface area contributed by atoms with Gasteiger partial charge in [0.25, 0.3) is 6.47 Å². The molecule has 10 saturated heterocycles. The third-order valence-corrected chi connectivity index (χ3v) is 24.0. The first-order valence-electron chi connectivity index (χ1n) is 41.4. The number of aliphatic hydroxyl groups is 27. The highest BCUT2D eigenvalue weighted by molar-refractivity contribution is 5.74. The Kier molecular flexibility index (Phi) is 38.5. The number of nitrogens with one attached hydrogen (secondary N) is 4. The van der Waals surface area contributed by atoms with Crippen molar-refractivity contribution in [2.24, 2.45) is 5.92 Å². The summed E-state index contributed by atoms with van der Waals surface area (Å²) in [5.41, 5.74) is 0. The maximum Gasteiger partial charge on any atom is 0.332 e. The first-order chi connectivity index (χ1) is 61.0. The lowest BCUT2D eigenvalue weighted by Gasteiger charge is -2.51. The summed E-state index contributed by atoms with van der Waals surface area (Å²) in [4.78, 5) is 63.5. The Hall–Kier alpha value is -4.49. The average molecular weight is 1890 g/mol. The average Bonchev–Trinajstić information content (AvgIpc) is 0.771. The second-order valence-corrected chi connectivity index (χ2v) is 33.0. The normalized spacial score (nSPS) is 48.1. The highest BCUT2D eigenvalue weighted by Gasteiger charge is 2.62. The molecule has 21 unspecified atom stereocenters. The number of hydrogen-bond donors (Lipinski definition) is 31. The highest BCUT2D eigenvalue weighted by atomic mass is 16.9. The Morgan fingerprint density at radius 1 is 0.349 bits per heavy atom. The molecule has 51 atom stereocenters. The number of aliphatic hydroxyl groups excluding tert-OH is 27. The van der Waals surface area contributed by atoms with Gasteiger partial charge in [0.15, 0.2) is 50.3 Å². The summed E-state index contributed by atoms with van der Waals surface area (Å²) in [5, 5.41) is 313. The van der Waals surface area contributed by atoms with Crippen molar-refractivity contribution in [3.63, 3.8) is 0 Å². The molecule has 10 heterocycles. The van der Waals surface area contributed by atoms with Crippen molar-refractivity contribution in [1.82, 2.24) is 21.3 Å². The molecule has 0 aromatic carbocycles. The van der Waals surface area contributed by atoms with E-state index in [1.807, 2.05) is 0 Å². The molecular weight excluding hydrogens is 1760 g/mol. The van der Waals surface area contributed by atoms with E-state index < -0.39 is 408 Å². The minimum atomic E-state index is -2.67. The number of carbonyl (C=O) groups is 5. The topological polar surface area (TPSA) is 864 Å². The SMILES string of the molecule is CC(=O)NC1C(O)[C@H](O[C@@H]2OC(CO)[C@H](O)[C@H](O)C2O)C(CO)O[C@H]1OC1[C@@H](OCC2O[C@@H](O[C@@H]3C(CO)O[C@@H](O[C@@H]4C(CO)O[C@@H](C)C(NC(C)=O)[C@H]4O)C(NC(C)=O)[C@H]3O)C(O)[C@@H](O[C@H]3O[C@H](CO)[C@@H](O)C(O)C3O[C@@H]3OC(CO)[C@@H](O[C@@H]4OC(CO[C@]5(OC=O)C[C@@H](O)[C@@H](C)C([C@H](O)C(O)CO)O5)[C@H](O)C(O)[C@@H]4O)[C@H](O)C3NC(C)=O)[C@@H]2O)OC(CO)[C@@H](O)[C@@H]1O. The fraction of sp³-hybridized carbons (Fsp3) is 0.932. The summed E-state index contributed by atoms with van der Waals surface area (Å²) in [6, 6.07) is -7.14. The van der Waals surface area contributed by atoms with Gasteiger partial charge in [0, 0.05) is 33.6 Å². The molecule has 0 bridgehead atoms. The molecule has 10 aliphatic rings. The Morgan fingerprint density at radius 3 is 1.07 bits per heavy atom. The first-order valence-corrected chi connectivity index (χ1v) is 41.4. The summed E-state index contributed by atoms with van der Waals surface area (Å²) >= 11 is 0. The van der Waals surface area contributed by atoms with Gasteiger partial charge in [-0.25, -0.2) is 0 Å². The predicted octanol–water partition coefficient (Wildman–Crippen LogP) is -20.6. The summed E-state index contributed by atoms with van der Waals surface area (Å²) in [5.74, 6) is -7.27. The number of amides is 4. The van der Waals surface area contributed by atoms with Crippen LogP contribution in [0.1, 0.15) is 48.0 Å². The third-order valence-electron chi connectivity index (χ3n) is 24.0.